The van der Waals surface area contributed by atoms with Crippen LogP contribution in [-0.4, -0.2) is 27.3 Å². The Labute approximate surface area is 218 Å². The fraction of sp³-hybridized carbons (Fsp3) is 0.296. The van der Waals surface area contributed by atoms with Gasteiger partial charge in [-0.1, -0.05) is 23.7 Å². The van der Waals surface area contributed by atoms with Gasteiger partial charge in [-0.15, -0.1) is 11.6 Å². The van der Waals surface area contributed by atoms with Crippen molar-refractivity contribution in [1.82, 2.24) is 14.8 Å². The molecule has 2 aromatic carbocycles. The van der Waals surface area contributed by atoms with Crippen molar-refractivity contribution in [2.45, 2.75) is 44.2 Å². The molecule has 1 atom stereocenters. The Kier molecular flexibility index (Phi) is 7.23. The molecule has 0 spiro atoms. The zero-order valence-corrected chi connectivity index (χ0v) is 21.0. The maximum absolute atomic E-state index is 14.5. The van der Waals surface area contributed by atoms with Gasteiger partial charge in [0.2, 0.25) is 0 Å². The third kappa shape index (κ3) is 5.09. The van der Waals surface area contributed by atoms with Gasteiger partial charge in [0.05, 0.1) is 22.5 Å². The minimum Gasteiger partial charge on any atom is -0.366 e. The van der Waals surface area contributed by atoms with Gasteiger partial charge in [-0.2, -0.15) is 5.10 Å². The van der Waals surface area contributed by atoms with Gasteiger partial charge < -0.3 is 10.5 Å². The van der Waals surface area contributed by atoms with Crippen LogP contribution < -0.4 is 5.73 Å². The number of aromatic nitrogens is 3. The lowest BCUT2D eigenvalue weighted by Gasteiger charge is -2.23. The van der Waals surface area contributed by atoms with E-state index < -0.39 is 5.91 Å². The molecule has 4 aromatic rings. The molecule has 3 heterocycles. The van der Waals surface area contributed by atoms with E-state index in [0.29, 0.717) is 34.0 Å². The van der Waals surface area contributed by atoms with Crippen LogP contribution in [0.4, 0.5) is 4.39 Å². The maximum atomic E-state index is 14.5. The van der Waals surface area contributed by atoms with Crippen molar-refractivity contribution in [1.29, 1.82) is 0 Å². The highest BCUT2D eigenvalue weighted by Gasteiger charge is 2.23. The molecule has 1 unspecified atom stereocenters. The summed E-state index contributed by atoms with van der Waals surface area (Å²) in [5.74, 6) is -0.715. The number of rotatable bonds is 7. The van der Waals surface area contributed by atoms with E-state index in [1.165, 1.54) is 6.07 Å². The first-order valence-electron chi connectivity index (χ1n) is 11.8. The molecule has 0 aliphatic carbocycles. The summed E-state index contributed by atoms with van der Waals surface area (Å²) in [7, 11) is 0. The number of carbonyl (C=O) groups excluding carboxylic acids is 1. The number of halogens is 3. The van der Waals surface area contributed by atoms with Gasteiger partial charge in [-0.05, 0) is 66.3 Å². The SMILES string of the molecule is NC(=O)c1cc(Cc2ccc(CCl)cc2F)cnc1Cc1nn(C2CCCCO2)c2ccc(Cl)cc12. The Morgan fingerprint density at radius 1 is 1.11 bits per heavy atom. The molecule has 1 amide bonds. The number of alkyl halides is 1. The number of carbonyl (C=O) groups is 1. The van der Waals surface area contributed by atoms with E-state index in [9.17, 15) is 9.18 Å². The van der Waals surface area contributed by atoms with Crippen molar-refractivity contribution in [3.05, 3.63) is 93.1 Å². The van der Waals surface area contributed by atoms with E-state index in [4.69, 9.17) is 38.8 Å². The molecule has 2 aromatic heterocycles. The Morgan fingerprint density at radius 3 is 2.69 bits per heavy atom. The zero-order chi connectivity index (χ0) is 25.2. The largest absolute Gasteiger partial charge is 0.366 e. The van der Waals surface area contributed by atoms with E-state index in [-0.39, 0.29) is 36.3 Å². The smallest absolute Gasteiger partial charge is 0.250 e. The lowest BCUT2D eigenvalue weighted by molar-refractivity contribution is -0.0368. The second kappa shape index (κ2) is 10.5. The zero-order valence-electron chi connectivity index (χ0n) is 19.5. The summed E-state index contributed by atoms with van der Waals surface area (Å²) < 4.78 is 22.3. The van der Waals surface area contributed by atoms with Crippen molar-refractivity contribution in [2.24, 2.45) is 5.73 Å². The first-order chi connectivity index (χ1) is 17.4. The van der Waals surface area contributed by atoms with Gasteiger partial charge in [-0.3, -0.25) is 9.78 Å². The van der Waals surface area contributed by atoms with Crippen molar-refractivity contribution in [3.8, 4) is 0 Å². The highest BCUT2D eigenvalue weighted by atomic mass is 35.5. The molecule has 5 rings (SSSR count). The molecule has 9 heteroatoms. The number of fused-ring (bicyclic) bond motifs is 1. The van der Waals surface area contributed by atoms with Crippen LogP contribution >= 0.6 is 23.2 Å². The van der Waals surface area contributed by atoms with Crippen molar-refractivity contribution >= 4 is 40.0 Å². The van der Waals surface area contributed by atoms with Crippen LogP contribution in [-0.2, 0) is 23.5 Å². The molecule has 1 aliphatic heterocycles. The van der Waals surface area contributed by atoms with Crippen molar-refractivity contribution < 1.29 is 13.9 Å². The van der Waals surface area contributed by atoms with E-state index in [1.54, 1.807) is 24.4 Å². The highest BCUT2D eigenvalue weighted by Crippen LogP contribution is 2.31. The average Bonchev–Trinajstić information content (AvgIpc) is 3.23. The maximum Gasteiger partial charge on any atom is 0.250 e. The van der Waals surface area contributed by atoms with Crippen LogP contribution in [0.1, 0.15) is 63.9 Å². The molecule has 36 heavy (non-hydrogen) atoms. The Morgan fingerprint density at radius 2 is 1.97 bits per heavy atom. The minimum absolute atomic E-state index is 0.151. The quantitative estimate of drug-likeness (QED) is 0.302. The molecule has 6 nitrogen and oxygen atoms in total. The summed E-state index contributed by atoms with van der Waals surface area (Å²) in [5, 5.41) is 6.31. The lowest BCUT2D eigenvalue weighted by Crippen LogP contribution is -2.19. The summed E-state index contributed by atoms with van der Waals surface area (Å²) in [5.41, 5.74) is 10.0. The van der Waals surface area contributed by atoms with Gasteiger partial charge in [0.1, 0.15) is 5.82 Å². The van der Waals surface area contributed by atoms with Gasteiger partial charge in [0, 0.05) is 41.9 Å². The standard InChI is InChI=1S/C27H25Cl2FN4O2/c28-14-16-4-5-18(22(30)11-16)9-17-10-21(27(31)35)23(32-15-17)13-24-20-12-19(29)6-7-25(20)34(33-24)26-3-1-2-8-36-26/h4-7,10-12,15,26H,1-3,8-9,13-14H2,(H2,31,35). The molecule has 0 radical (unpaired) electrons. The van der Waals surface area contributed by atoms with E-state index >= 15 is 0 Å². The van der Waals surface area contributed by atoms with E-state index in [1.807, 2.05) is 22.9 Å². The third-order valence-electron chi connectivity index (χ3n) is 6.47. The molecule has 186 valence electrons. The normalized spacial score (nSPS) is 15.9. The molecule has 0 bridgehead atoms. The number of nitrogens with zero attached hydrogens (tertiary/aromatic N) is 3. The average molecular weight is 527 g/mol. The van der Waals surface area contributed by atoms with Gasteiger partial charge in [0.25, 0.3) is 5.91 Å². The lowest BCUT2D eigenvalue weighted by atomic mass is 10.00. The second-order valence-corrected chi connectivity index (χ2v) is 9.69. The molecular formula is C27H25Cl2FN4O2. The summed E-state index contributed by atoms with van der Waals surface area (Å²) in [6.07, 6.45) is 5.03. The van der Waals surface area contributed by atoms with Crippen molar-refractivity contribution in [2.75, 3.05) is 6.61 Å². The van der Waals surface area contributed by atoms with Crippen LogP contribution in [0, 0.1) is 5.82 Å². The fourth-order valence-corrected chi connectivity index (χ4v) is 4.97. The molecule has 1 saturated heterocycles. The van der Waals surface area contributed by atoms with Crippen LogP contribution in [0.5, 0.6) is 0 Å². The van der Waals surface area contributed by atoms with Crippen LogP contribution in [0.3, 0.4) is 0 Å². The number of ether oxygens (including phenoxy) is 1. The molecule has 1 aliphatic rings. The van der Waals surface area contributed by atoms with Gasteiger partial charge >= 0.3 is 0 Å². The van der Waals surface area contributed by atoms with Crippen LogP contribution in [0.15, 0.2) is 48.7 Å². The Bertz CT molecular complexity index is 1430. The summed E-state index contributed by atoms with van der Waals surface area (Å²) in [6, 6.07) is 12.2. The van der Waals surface area contributed by atoms with Gasteiger partial charge in [0.15, 0.2) is 6.23 Å². The number of amides is 1. The predicted octanol–water partition coefficient (Wildman–Crippen LogP) is 5.94. The van der Waals surface area contributed by atoms with E-state index in [2.05, 4.69) is 4.98 Å². The number of benzene rings is 2. The summed E-state index contributed by atoms with van der Waals surface area (Å²) >= 11 is 12.1. The minimum atomic E-state index is -0.602. The number of nitrogens with two attached hydrogens (primary N) is 1. The summed E-state index contributed by atoms with van der Waals surface area (Å²) in [4.78, 5) is 16.9. The highest BCUT2D eigenvalue weighted by molar-refractivity contribution is 6.31. The Balaban J connectivity index is 1.48. The van der Waals surface area contributed by atoms with Crippen LogP contribution in [0.2, 0.25) is 5.02 Å². The number of primary amides is 1. The first-order valence-corrected chi connectivity index (χ1v) is 12.7. The molecule has 1 fully saturated rings. The monoisotopic (exact) mass is 526 g/mol. The summed E-state index contributed by atoms with van der Waals surface area (Å²) in [6.45, 7) is 0.693. The third-order valence-corrected chi connectivity index (χ3v) is 7.01. The van der Waals surface area contributed by atoms with Gasteiger partial charge in [-0.25, -0.2) is 9.07 Å². The number of hydrogen-bond acceptors (Lipinski definition) is 4. The Hall–Kier alpha value is -3.00. The second-order valence-electron chi connectivity index (χ2n) is 8.99. The molecular weight excluding hydrogens is 502 g/mol. The van der Waals surface area contributed by atoms with Crippen molar-refractivity contribution in [3.63, 3.8) is 0 Å². The first kappa shape index (κ1) is 24.7. The fourth-order valence-electron chi connectivity index (χ4n) is 4.63. The number of hydrogen-bond donors (Lipinski definition) is 1. The molecule has 0 saturated carbocycles. The molecule has 2 N–H and O–H groups in total. The topological polar surface area (TPSA) is 83.0 Å². The van der Waals surface area contributed by atoms with E-state index in [0.717, 1.165) is 35.9 Å². The predicted molar refractivity (Wildman–Crippen MR) is 138 cm³/mol. The number of pyridine rings is 1. The van der Waals surface area contributed by atoms with Crippen LogP contribution in [0.25, 0.3) is 10.9 Å².